The van der Waals surface area contributed by atoms with Crippen LogP contribution in [0.2, 0.25) is 0 Å². The van der Waals surface area contributed by atoms with Crippen LogP contribution in [-0.4, -0.2) is 81.2 Å². The zero-order valence-corrected chi connectivity index (χ0v) is 27.9. The van der Waals surface area contributed by atoms with Gasteiger partial charge in [0.15, 0.2) is 5.82 Å². The summed E-state index contributed by atoms with van der Waals surface area (Å²) in [7, 11) is 6.81. The summed E-state index contributed by atoms with van der Waals surface area (Å²) >= 11 is 1.39. The smallest absolute Gasteiger partial charge is 0.337 e. The van der Waals surface area contributed by atoms with E-state index in [0.29, 0.717) is 36.7 Å². The van der Waals surface area contributed by atoms with Crippen LogP contribution in [0.4, 0.5) is 30.1 Å². The average Bonchev–Trinajstić information content (AvgIpc) is 3.38. The van der Waals surface area contributed by atoms with Crippen LogP contribution in [0, 0.1) is 11.6 Å². The van der Waals surface area contributed by atoms with Gasteiger partial charge in [-0.15, -0.1) is 11.3 Å². The number of hydroxylamine groups is 1. The minimum absolute atomic E-state index is 0.0642. The lowest BCUT2D eigenvalue weighted by molar-refractivity contribution is -0.118. The highest BCUT2D eigenvalue weighted by atomic mass is 32.1. The van der Waals surface area contributed by atoms with Crippen molar-refractivity contribution in [2.45, 2.75) is 19.4 Å². The molecule has 4 aromatic rings. The molecule has 254 valence electrons. The lowest BCUT2D eigenvalue weighted by Gasteiger charge is -2.25. The molecule has 2 N–H and O–H groups in total. The van der Waals surface area contributed by atoms with E-state index in [1.165, 1.54) is 60.1 Å². The highest BCUT2D eigenvalue weighted by molar-refractivity contribution is 7.20. The Morgan fingerprint density at radius 2 is 1.79 bits per heavy atom. The number of hydrogen-bond donors (Lipinski definition) is 2. The first-order valence-electron chi connectivity index (χ1n) is 14.9. The van der Waals surface area contributed by atoms with Crippen molar-refractivity contribution < 1.29 is 32.7 Å². The highest BCUT2D eigenvalue weighted by Gasteiger charge is 2.38. The second-order valence-corrected chi connectivity index (χ2v) is 11.5. The van der Waals surface area contributed by atoms with Crippen molar-refractivity contribution in [2.75, 3.05) is 63.1 Å². The predicted octanol–water partition coefficient (Wildman–Crippen LogP) is 4.66. The second kappa shape index (κ2) is 17.4. The molecule has 48 heavy (non-hydrogen) atoms. The van der Waals surface area contributed by atoms with Crippen molar-refractivity contribution >= 4 is 46.2 Å². The molecule has 0 saturated carbocycles. The summed E-state index contributed by atoms with van der Waals surface area (Å²) < 4.78 is 34.5. The average molecular weight is 682 g/mol. The number of nitrogens with zero attached hydrogens (tertiary/aromatic N) is 5. The van der Waals surface area contributed by atoms with Gasteiger partial charge in [-0.05, 0) is 48.9 Å². The number of nitrogens with one attached hydrogen (secondary N) is 2. The molecular weight excluding hydrogens is 644 g/mol. The van der Waals surface area contributed by atoms with Crippen LogP contribution in [0.5, 0.6) is 0 Å². The van der Waals surface area contributed by atoms with E-state index < -0.39 is 23.6 Å². The lowest BCUT2D eigenvalue weighted by Crippen LogP contribution is -2.46. The summed E-state index contributed by atoms with van der Waals surface area (Å²) in [6.45, 7) is 1.59. The largest absolute Gasteiger partial charge is 0.388 e. The fourth-order valence-electron chi connectivity index (χ4n) is 5.09. The molecule has 0 fully saturated rings. The Kier molecular flexibility index (Phi) is 13.0. The van der Waals surface area contributed by atoms with Crippen molar-refractivity contribution in [2.24, 2.45) is 0 Å². The monoisotopic (exact) mass is 681 g/mol. The Morgan fingerprint density at radius 1 is 1.06 bits per heavy atom. The number of halogens is 2. The van der Waals surface area contributed by atoms with Crippen LogP contribution in [0.25, 0.3) is 10.4 Å². The van der Waals surface area contributed by atoms with Crippen molar-refractivity contribution in [3.05, 3.63) is 89.4 Å². The number of thiophene rings is 1. The van der Waals surface area contributed by atoms with Gasteiger partial charge in [-0.2, -0.15) is 0 Å². The predicted molar refractivity (Wildman–Crippen MR) is 180 cm³/mol. The maximum atomic E-state index is 14.6. The molecule has 0 spiro atoms. The molecule has 3 heterocycles. The Labute approximate surface area is 281 Å². The van der Waals surface area contributed by atoms with E-state index in [2.05, 4.69) is 25.0 Å². The fourth-order valence-corrected chi connectivity index (χ4v) is 6.44. The number of carbonyl (C=O) groups is 3. The molecule has 0 unspecified atom stereocenters. The van der Waals surface area contributed by atoms with E-state index in [0.717, 1.165) is 26.6 Å². The first-order chi connectivity index (χ1) is 23.2. The van der Waals surface area contributed by atoms with Crippen molar-refractivity contribution in [1.82, 2.24) is 20.3 Å². The van der Waals surface area contributed by atoms with Crippen LogP contribution in [0.3, 0.4) is 0 Å². The quantitative estimate of drug-likeness (QED) is 0.153. The van der Waals surface area contributed by atoms with E-state index in [-0.39, 0.29) is 30.8 Å². The highest BCUT2D eigenvalue weighted by Crippen LogP contribution is 2.45. The number of methoxy groups -OCH3 is 1. The van der Waals surface area contributed by atoms with Crippen molar-refractivity contribution in [3.63, 3.8) is 0 Å². The maximum absolute atomic E-state index is 14.6. The summed E-state index contributed by atoms with van der Waals surface area (Å²) in [4.78, 5) is 54.9. The molecule has 0 saturated heterocycles. The molecule has 5 rings (SSSR count). The summed E-state index contributed by atoms with van der Waals surface area (Å²) in [5.41, 5.74) is 5.27. The zero-order chi connectivity index (χ0) is 34.6. The number of carbonyl (C=O) groups excluding carboxylic acids is 3. The Morgan fingerprint density at radius 3 is 2.38 bits per heavy atom. The van der Waals surface area contributed by atoms with Crippen LogP contribution < -0.4 is 20.6 Å². The van der Waals surface area contributed by atoms with Gasteiger partial charge in [0.05, 0.1) is 26.3 Å². The molecule has 2 aromatic heterocycles. The minimum Gasteiger partial charge on any atom is -0.388 e. The number of anilines is 3. The summed E-state index contributed by atoms with van der Waals surface area (Å²) in [6.07, 6.45) is 4.49. The number of hydrogen-bond acceptors (Lipinski definition) is 10. The van der Waals surface area contributed by atoms with Crippen LogP contribution in [0.1, 0.15) is 16.7 Å². The molecule has 0 atom stereocenters. The number of aromatic nitrogens is 2. The molecule has 15 heteroatoms. The van der Waals surface area contributed by atoms with Crippen LogP contribution >= 0.6 is 11.3 Å². The SMILES string of the molecule is CNc1ccc(-c2sc3c(c2CN(C)CCOC)CC(=O)N(c2cnccn2)C(=O)N3CCc2c(F)cccc2F)cc1.CONC=O. The molecule has 0 aliphatic carbocycles. The van der Waals surface area contributed by atoms with E-state index in [1.54, 1.807) is 7.11 Å². The van der Waals surface area contributed by atoms with Gasteiger partial charge in [0, 0.05) is 67.9 Å². The Balaban J connectivity index is 0.000000968. The lowest BCUT2D eigenvalue weighted by atomic mass is 10.0. The number of urea groups is 1. The number of ether oxygens (including phenoxy) is 1. The molecule has 0 bridgehead atoms. The number of fused-ring (bicyclic) bond motifs is 1. The Hall–Kier alpha value is -4.83. The third-order valence-electron chi connectivity index (χ3n) is 7.47. The fraction of sp³-hybridized carbons (Fsp3) is 0.303. The molecule has 0 radical (unpaired) electrons. The summed E-state index contributed by atoms with van der Waals surface area (Å²) in [6, 6.07) is 10.9. The van der Waals surface area contributed by atoms with Gasteiger partial charge in [-0.25, -0.2) is 28.9 Å². The summed E-state index contributed by atoms with van der Waals surface area (Å²) in [5.74, 6) is -1.78. The topological polar surface area (TPSA) is 129 Å². The number of rotatable bonds is 13. The maximum Gasteiger partial charge on any atom is 0.337 e. The zero-order valence-electron chi connectivity index (χ0n) is 27.0. The standard InChI is InChI=1S/C31H32F2N6O3S.C2H5NO2/c1-34-21-9-7-20(8-10-21)29-24(19-37(2)15-16-42-3)23-17-28(40)39(27-18-35-12-13-36-27)31(41)38(30(23)43-29)14-11-22-25(32)5-4-6-26(22)33;1-5-3-2-4/h4-10,12-13,18,34H,11,14-17,19H2,1-3H3;2H,1H3,(H,3,4). The van der Waals surface area contributed by atoms with Gasteiger partial charge >= 0.3 is 6.03 Å². The third kappa shape index (κ3) is 8.55. The van der Waals surface area contributed by atoms with E-state index in [1.807, 2.05) is 43.8 Å². The van der Waals surface area contributed by atoms with Gasteiger partial charge in [0.1, 0.15) is 16.6 Å². The number of likely N-dealkylation sites (N-methyl/N-ethyl adjacent to an activating group) is 1. The number of amides is 4. The normalized spacial score (nSPS) is 12.7. The van der Waals surface area contributed by atoms with E-state index >= 15 is 0 Å². The van der Waals surface area contributed by atoms with Crippen molar-refractivity contribution in [1.29, 1.82) is 0 Å². The summed E-state index contributed by atoms with van der Waals surface area (Å²) in [5, 5.41) is 3.68. The first-order valence-corrected chi connectivity index (χ1v) is 15.7. The second-order valence-electron chi connectivity index (χ2n) is 10.5. The minimum atomic E-state index is -0.693. The van der Waals surface area contributed by atoms with Gasteiger partial charge in [-0.3, -0.25) is 29.2 Å². The first kappa shape index (κ1) is 36.0. The molecule has 12 nitrogen and oxygen atoms in total. The molecule has 1 aliphatic heterocycles. The van der Waals surface area contributed by atoms with Crippen molar-refractivity contribution in [3.8, 4) is 10.4 Å². The Bertz CT molecular complexity index is 1670. The molecule has 1 aliphatic rings. The van der Waals surface area contributed by atoms with E-state index in [9.17, 15) is 18.4 Å². The number of benzene rings is 2. The van der Waals surface area contributed by atoms with Gasteiger partial charge in [0.2, 0.25) is 12.3 Å². The van der Waals surface area contributed by atoms with Gasteiger partial charge in [-0.1, -0.05) is 18.2 Å². The van der Waals surface area contributed by atoms with Crippen LogP contribution in [0.15, 0.2) is 61.1 Å². The van der Waals surface area contributed by atoms with E-state index in [4.69, 9.17) is 9.53 Å². The molecule has 2 aromatic carbocycles. The van der Waals surface area contributed by atoms with Gasteiger partial charge < -0.3 is 10.1 Å². The molecular formula is C33H37F2N7O5S. The van der Waals surface area contributed by atoms with Crippen LogP contribution in [-0.2, 0) is 38.5 Å². The van der Waals surface area contributed by atoms with Gasteiger partial charge in [0.25, 0.3) is 0 Å². The molecule has 4 amide bonds. The number of imide groups is 1. The third-order valence-corrected chi connectivity index (χ3v) is 8.82.